The molecule has 6 heteroatoms. The van der Waals surface area contributed by atoms with Gasteiger partial charge in [-0.3, -0.25) is 4.90 Å². The molecule has 2 fully saturated rings. The largest absolute Gasteiger partial charge is 0.416 e. The van der Waals surface area contributed by atoms with Crippen LogP contribution in [0.15, 0.2) is 41.6 Å². The molecule has 2 aromatic carbocycles. The molecular formula is C28H35F3N2O. The van der Waals surface area contributed by atoms with Crippen LogP contribution in [-0.2, 0) is 30.6 Å². The highest BCUT2D eigenvalue weighted by Crippen LogP contribution is 2.41. The number of oxime groups is 1. The van der Waals surface area contributed by atoms with E-state index in [1.807, 2.05) is 0 Å². The summed E-state index contributed by atoms with van der Waals surface area (Å²) in [5, 5.41) is 3.81. The minimum atomic E-state index is -4.68. The SMILES string of the molecule is [2H]C1C([2H])([2H])N(Cc2ccc(/C(=N/OCc3ccc(C4([2H])CCCCC4)c(C(F)(F)F)c3)C([2H])([2H])[2H])cc2CC)C1([2H])[2H]. The molecule has 1 aliphatic heterocycles. The van der Waals surface area contributed by atoms with Crippen LogP contribution in [0.5, 0.6) is 0 Å². The van der Waals surface area contributed by atoms with Crippen LogP contribution in [0.2, 0.25) is 0 Å². The topological polar surface area (TPSA) is 24.8 Å². The van der Waals surface area contributed by atoms with Gasteiger partial charge in [0, 0.05) is 18.9 Å². The second kappa shape index (κ2) is 10.9. The number of likely N-dealkylation sites (tertiary alicyclic amines) is 1. The predicted molar refractivity (Wildman–Crippen MR) is 130 cm³/mol. The van der Waals surface area contributed by atoms with E-state index in [0.29, 0.717) is 43.2 Å². The second-order valence-electron chi connectivity index (χ2n) is 8.58. The number of halogens is 3. The second-order valence-corrected chi connectivity index (χ2v) is 8.58. The van der Waals surface area contributed by atoms with Gasteiger partial charge in [0.2, 0.25) is 0 Å². The number of aryl methyl sites for hydroxylation is 1. The molecule has 0 atom stereocenters. The van der Waals surface area contributed by atoms with E-state index in [1.165, 1.54) is 18.2 Å². The lowest BCUT2D eigenvalue weighted by atomic mass is 9.81. The van der Waals surface area contributed by atoms with E-state index in [1.54, 1.807) is 19.1 Å². The first-order valence-corrected chi connectivity index (χ1v) is 11.6. The maximum atomic E-state index is 14.0. The summed E-state index contributed by atoms with van der Waals surface area (Å²) in [6.07, 6.45) is -2.88. The number of rotatable bonds is 8. The number of nitrogens with zero attached hydrogens (tertiary/aromatic N) is 2. The number of hydrogen-bond acceptors (Lipinski definition) is 3. The molecule has 1 heterocycles. The third-order valence-corrected chi connectivity index (χ3v) is 6.24. The van der Waals surface area contributed by atoms with Crippen LogP contribution in [0.3, 0.4) is 0 Å². The van der Waals surface area contributed by atoms with Crippen LogP contribution in [0.1, 0.15) is 104 Å². The lowest BCUT2D eigenvalue weighted by molar-refractivity contribution is -0.138. The molecule has 0 unspecified atom stereocenters. The van der Waals surface area contributed by atoms with Crippen LogP contribution >= 0.6 is 0 Å². The maximum Gasteiger partial charge on any atom is 0.416 e. The van der Waals surface area contributed by atoms with Crippen LogP contribution in [0.4, 0.5) is 13.2 Å². The zero-order valence-electron chi connectivity index (χ0n) is 28.1. The van der Waals surface area contributed by atoms with Crippen molar-refractivity contribution < 1.29 is 30.3 Å². The lowest BCUT2D eigenvalue weighted by Gasteiger charge is -2.31. The quantitative estimate of drug-likeness (QED) is 0.289. The molecular weight excluding hydrogens is 437 g/mol. The summed E-state index contributed by atoms with van der Waals surface area (Å²) < 4.78 is 114. The molecule has 0 N–H and O–H groups in total. The summed E-state index contributed by atoms with van der Waals surface area (Å²) in [4.78, 5) is 6.24. The van der Waals surface area contributed by atoms with Gasteiger partial charge in [-0.2, -0.15) is 13.2 Å². The van der Waals surface area contributed by atoms with Crippen molar-refractivity contribution in [2.45, 2.75) is 83.9 Å². The Balaban J connectivity index is 1.58. The normalized spacial score (nSPS) is 26.8. The van der Waals surface area contributed by atoms with Crippen molar-refractivity contribution in [2.24, 2.45) is 5.16 Å². The smallest absolute Gasteiger partial charge is 0.391 e. The van der Waals surface area contributed by atoms with Gasteiger partial charge in [0.1, 0.15) is 6.61 Å². The van der Waals surface area contributed by atoms with Crippen LogP contribution in [0, 0.1) is 0 Å². The molecule has 0 amide bonds. The van der Waals surface area contributed by atoms with Crippen LogP contribution in [-0.4, -0.2) is 23.6 Å². The summed E-state index contributed by atoms with van der Waals surface area (Å²) in [7, 11) is 0. The third kappa shape index (κ3) is 6.01. The minimum absolute atomic E-state index is 0.0695. The Morgan fingerprint density at radius 1 is 1.15 bits per heavy atom. The van der Waals surface area contributed by atoms with Crippen molar-refractivity contribution in [3.05, 3.63) is 69.8 Å². The Kier molecular flexibility index (Phi) is 5.02. The Bertz CT molecular complexity index is 1340. The fourth-order valence-corrected chi connectivity index (χ4v) is 4.37. The first-order chi connectivity index (χ1) is 19.8. The maximum absolute atomic E-state index is 14.0. The van der Waals surface area contributed by atoms with E-state index in [9.17, 15) is 13.2 Å². The van der Waals surface area contributed by atoms with E-state index < -0.39 is 56.2 Å². The molecule has 0 aromatic heterocycles. The Morgan fingerprint density at radius 2 is 1.94 bits per heavy atom. The predicted octanol–water partition coefficient (Wildman–Crippen LogP) is 7.46. The van der Waals surface area contributed by atoms with Gasteiger partial charge in [-0.05, 0) is 91.3 Å². The van der Waals surface area contributed by atoms with Crippen molar-refractivity contribution >= 4 is 5.71 Å². The first-order valence-electron chi connectivity index (χ1n) is 16.1. The molecule has 0 radical (unpaired) electrons. The van der Waals surface area contributed by atoms with E-state index in [-0.39, 0.29) is 23.2 Å². The van der Waals surface area contributed by atoms with E-state index in [4.69, 9.17) is 17.2 Å². The van der Waals surface area contributed by atoms with Crippen LogP contribution in [0.25, 0.3) is 0 Å². The van der Waals surface area contributed by atoms with Crippen molar-refractivity contribution in [1.82, 2.24) is 4.90 Å². The molecule has 3 nitrogen and oxygen atoms in total. The summed E-state index contributed by atoms with van der Waals surface area (Å²) >= 11 is 0. The van der Waals surface area contributed by atoms with E-state index in [0.717, 1.165) is 17.4 Å². The minimum Gasteiger partial charge on any atom is -0.391 e. The zero-order valence-corrected chi connectivity index (χ0v) is 19.1. The summed E-state index contributed by atoms with van der Waals surface area (Å²) in [6, 6.07) is 8.23. The van der Waals surface area contributed by atoms with Gasteiger partial charge in [0.25, 0.3) is 0 Å². The average Bonchev–Trinajstić information content (AvgIpc) is 2.92. The number of hydrogen-bond donors (Lipinski definition) is 0. The standard InChI is InChI=1S/C28H35F3N2O/c1-3-22-17-24(11-12-25(22)18-33-14-7-15-33)20(2)32-34-19-21-10-13-26(23-8-5-4-6-9-23)27(16-21)28(29,30)31/h10-13,16-17,23H,3-9,14-15,18-19H2,1-2H3/b32-20+/i2D3,7D,14D2,15D2,23D. The Morgan fingerprint density at radius 3 is 2.65 bits per heavy atom. The monoisotopic (exact) mass is 481 g/mol. The van der Waals surface area contributed by atoms with Gasteiger partial charge in [-0.1, -0.05) is 55.6 Å². The van der Waals surface area contributed by atoms with Gasteiger partial charge in [0.05, 0.1) is 11.3 Å². The highest BCUT2D eigenvalue weighted by Gasteiger charge is 2.35. The van der Waals surface area contributed by atoms with Crippen molar-refractivity contribution in [3.8, 4) is 0 Å². The molecule has 1 saturated heterocycles. The molecule has 0 bridgehead atoms. The first kappa shape index (κ1) is 15.6. The van der Waals surface area contributed by atoms with Crippen molar-refractivity contribution in [3.63, 3.8) is 0 Å². The molecule has 1 aliphatic carbocycles. The highest BCUT2D eigenvalue weighted by molar-refractivity contribution is 5.98. The van der Waals surface area contributed by atoms with E-state index in [2.05, 4.69) is 5.16 Å². The number of alkyl halides is 3. The molecule has 184 valence electrons. The highest BCUT2D eigenvalue weighted by atomic mass is 19.4. The van der Waals surface area contributed by atoms with Gasteiger partial charge < -0.3 is 4.84 Å². The summed E-state index contributed by atoms with van der Waals surface area (Å²) in [5.74, 6) is -1.32. The zero-order chi connectivity index (χ0) is 32.0. The summed E-state index contributed by atoms with van der Waals surface area (Å²) in [6.45, 7) is -5.85. The van der Waals surface area contributed by atoms with E-state index >= 15 is 0 Å². The molecule has 2 aliphatic rings. The fourth-order valence-electron chi connectivity index (χ4n) is 4.37. The number of benzene rings is 2. The third-order valence-electron chi connectivity index (χ3n) is 6.24. The summed E-state index contributed by atoms with van der Waals surface area (Å²) in [5.41, 5.74) is 0.0809. The lowest BCUT2D eigenvalue weighted by Crippen LogP contribution is -2.36. The Hall–Kier alpha value is -2.34. The molecule has 1 saturated carbocycles. The molecule has 2 aromatic rings. The molecule has 0 spiro atoms. The van der Waals surface area contributed by atoms with Crippen LogP contribution < -0.4 is 0 Å². The van der Waals surface area contributed by atoms with Gasteiger partial charge >= 0.3 is 6.18 Å². The van der Waals surface area contributed by atoms with Gasteiger partial charge in [-0.25, -0.2) is 0 Å². The fraction of sp³-hybridized carbons (Fsp3) is 0.536. The van der Waals surface area contributed by atoms with Crippen molar-refractivity contribution in [1.29, 1.82) is 0 Å². The average molecular weight is 482 g/mol. The Labute approximate surface area is 213 Å². The van der Waals surface area contributed by atoms with Gasteiger partial charge in [-0.15, -0.1) is 0 Å². The molecule has 4 rings (SSSR count). The van der Waals surface area contributed by atoms with Crippen molar-refractivity contribution in [2.75, 3.05) is 13.0 Å². The van der Waals surface area contributed by atoms with Gasteiger partial charge in [0.15, 0.2) is 0 Å². The molecule has 34 heavy (non-hydrogen) atoms.